The highest BCUT2D eigenvalue weighted by atomic mass is 35.5. The van der Waals surface area contributed by atoms with Gasteiger partial charge in [-0.2, -0.15) is 0 Å². The molecule has 0 bridgehead atoms. The lowest BCUT2D eigenvalue weighted by atomic mass is 10.0. The van der Waals surface area contributed by atoms with Crippen LogP contribution in [0.3, 0.4) is 0 Å². The molecule has 2 aliphatic heterocycles. The number of amides is 1. The van der Waals surface area contributed by atoms with Crippen LogP contribution in [0.4, 0.5) is 17.3 Å². The summed E-state index contributed by atoms with van der Waals surface area (Å²) < 4.78 is 0. The van der Waals surface area contributed by atoms with E-state index in [9.17, 15) is 15.0 Å². The Bertz CT molecular complexity index is 1250. The lowest BCUT2D eigenvalue weighted by Gasteiger charge is -2.27. The summed E-state index contributed by atoms with van der Waals surface area (Å²) in [6.07, 6.45) is 5.09. The second-order valence-corrected chi connectivity index (χ2v) is 9.28. The summed E-state index contributed by atoms with van der Waals surface area (Å²) >= 11 is 6.35. The third-order valence-electron chi connectivity index (χ3n) is 6.60. The first kappa shape index (κ1) is 22.4. The number of likely N-dealkylation sites (tertiary alicyclic amines) is 1. The minimum absolute atomic E-state index is 0.00400. The molecule has 1 amide bonds. The van der Waals surface area contributed by atoms with Gasteiger partial charge in [-0.05, 0) is 63.2 Å². The molecule has 5 rings (SSSR count). The Labute approximate surface area is 202 Å². The number of nitrogens with zero attached hydrogens (tertiary/aromatic N) is 4. The van der Waals surface area contributed by atoms with Crippen molar-refractivity contribution in [3.8, 4) is 22.8 Å². The predicted octanol–water partition coefficient (Wildman–Crippen LogP) is 4.33. The molecule has 2 aromatic carbocycles. The predicted molar refractivity (Wildman–Crippen MR) is 132 cm³/mol. The Morgan fingerprint density at radius 1 is 1.18 bits per heavy atom. The van der Waals surface area contributed by atoms with Crippen LogP contribution >= 0.6 is 11.6 Å². The zero-order valence-electron chi connectivity index (χ0n) is 18.8. The van der Waals surface area contributed by atoms with Crippen LogP contribution in [-0.2, 0) is 11.2 Å². The average molecular weight is 480 g/mol. The van der Waals surface area contributed by atoms with Crippen LogP contribution in [0.1, 0.15) is 24.8 Å². The van der Waals surface area contributed by atoms with Crippen LogP contribution in [0, 0.1) is 0 Å². The summed E-state index contributed by atoms with van der Waals surface area (Å²) in [5.74, 6) is -0.135. The number of phenolic OH excluding ortho intramolecular Hbond substituents is 2. The monoisotopic (exact) mass is 479 g/mol. The Hall–Kier alpha value is -3.36. The molecule has 0 spiro atoms. The van der Waals surface area contributed by atoms with E-state index < -0.39 is 0 Å². The van der Waals surface area contributed by atoms with Gasteiger partial charge in [0.1, 0.15) is 0 Å². The van der Waals surface area contributed by atoms with E-state index in [2.05, 4.69) is 22.2 Å². The molecule has 3 heterocycles. The van der Waals surface area contributed by atoms with Gasteiger partial charge in [0, 0.05) is 46.7 Å². The molecule has 0 saturated carbocycles. The minimum atomic E-state index is -0.242. The van der Waals surface area contributed by atoms with Crippen molar-refractivity contribution in [2.24, 2.45) is 0 Å². The molecule has 1 unspecified atom stereocenters. The van der Waals surface area contributed by atoms with Crippen LogP contribution in [0.2, 0.25) is 5.02 Å². The maximum atomic E-state index is 13.3. The van der Waals surface area contributed by atoms with Gasteiger partial charge in [0.05, 0.1) is 17.8 Å². The summed E-state index contributed by atoms with van der Waals surface area (Å²) in [4.78, 5) is 26.6. The fourth-order valence-electron chi connectivity index (χ4n) is 4.75. The molecule has 8 nitrogen and oxygen atoms in total. The number of carbonyl (C=O) groups excluding carboxylic acids is 1. The van der Waals surface area contributed by atoms with Crippen molar-refractivity contribution in [1.82, 2.24) is 14.9 Å². The zero-order chi connectivity index (χ0) is 23.8. The third kappa shape index (κ3) is 4.38. The Morgan fingerprint density at radius 3 is 2.79 bits per heavy atom. The van der Waals surface area contributed by atoms with E-state index in [0.29, 0.717) is 34.9 Å². The van der Waals surface area contributed by atoms with Crippen molar-refractivity contribution in [3.63, 3.8) is 0 Å². The summed E-state index contributed by atoms with van der Waals surface area (Å²) in [7, 11) is 2.14. The quantitative estimate of drug-likeness (QED) is 0.370. The van der Waals surface area contributed by atoms with Crippen molar-refractivity contribution < 1.29 is 15.0 Å². The Kier molecular flexibility index (Phi) is 6.02. The van der Waals surface area contributed by atoms with Crippen molar-refractivity contribution >= 4 is 34.8 Å². The van der Waals surface area contributed by atoms with E-state index in [0.717, 1.165) is 36.2 Å². The van der Waals surface area contributed by atoms with Crippen LogP contribution < -0.4 is 10.2 Å². The number of benzene rings is 2. The molecule has 1 aromatic heterocycles. The second-order valence-electron chi connectivity index (χ2n) is 8.84. The summed E-state index contributed by atoms with van der Waals surface area (Å²) in [5, 5.41) is 22.9. The summed E-state index contributed by atoms with van der Waals surface area (Å²) in [5.41, 5.74) is 3.51. The number of rotatable bonds is 5. The maximum absolute atomic E-state index is 13.3. The van der Waals surface area contributed by atoms with E-state index in [4.69, 9.17) is 16.6 Å². The molecule has 1 atom stereocenters. The van der Waals surface area contributed by atoms with Gasteiger partial charge in [0.15, 0.2) is 11.5 Å². The number of fused-ring (bicyclic) bond motifs is 3. The first-order valence-corrected chi connectivity index (χ1v) is 11.7. The number of hydrogen-bond acceptors (Lipinski definition) is 7. The minimum Gasteiger partial charge on any atom is -0.504 e. The fourth-order valence-corrected chi connectivity index (χ4v) is 4.91. The molecule has 2 aliphatic rings. The van der Waals surface area contributed by atoms with Gasteiger partial charge in [-0.1, -0.05) is 11.6 Å². The SMILES string of the molecule is CN1CCCC1CCN1C(=O)Cc2cnc(Nc3ccc(O)c(O)c3)nc2-c2ccc(Cl)cc21. The number of phenols is 2. The second kappa shape index (κ2) is 9.12. The molecule has 9 heteroatoms. The normalized spacial score (nSPS) is 17.9. The molecule has 3 N–H and O–H groups in total. The molecule has 34 heavy (non-hydrogen) atoms. The lowest BCUT2D eigenvalue weighted by Crippen LogP contribution is -2.36. The van der Waals surface area contributed by atoms with Gasteiger partial charge < -0.3 is 25.3 Å². The zero-order valence-corrected chi connectivity index (χ0v) is 19.6. The van der Waals surface area contributed by atoms with Gasteiger partial charge in [0.2, 0.25) is 11.9 Å². The summed E-state index contributed by atoms with van der Waals surface area (Å²) in [6, 6.07) is 10.4. The van der Waals surface area contributed by atoms with E-state index in [1.54, 1.807) is 18.3 Å². The van der Waals surface area contributed by atoms with Crippen LogP contribution in [0.25, 0.3) is 11.3 Å². The first-order chi connectivity index (χ1) is 16.4. The molecule has 1 saturated heterocycles. The van der Waals surface area contributed by atoms with Gasteiger partial charge in [-0.25, -0.2) is 9.97 Å². The van der Waals surface area contributed by atoms with Crippen LogP contribution in [0.15, 0.2) is 42.6 Å². The highest BCUT2D eigenvalue weighted by Gasteiger charge is 2.29. The van der Waals surface area contributed by atoms with Crippen LogP contribution in [0.5, 0.6) is 11.5 Å². The molecule has 0 aliphatic carbocycles. The van der Waals surface area contributed by atoms with Gasteiger partial charge in [-0.15, -0.1) is 0 Å². The number of hydrogen-bond donors (Lipinski definition) is 3. The van der Waals surface area contributed by atoms with Crippen molar-refractivity contribution in [1.29, 1.82) is 0 Å². The number of halogens is 1. The Balaban J connectivity index is 1.49. The first-order valence-electron chi connectivity index (χ1n) is 11.3. The van der Waals surface area contributed by atoms with Crippen LogP contribution in [-0.4, -0.2) is 57.2 Å². The topological polar surface area (TPSA) is 102 Å². The fraction of sp³-hybridized carbons (Fsp3) is 0.320. The number of aromatic hydroxyl groups is 2. The van der Waals surface area contributed by atoms with Crippen molar-refractivity contribution in [2.45, 2.75) is 31.7 Å². The van der Waals surface area contributed by atoms with Crippen molar-refractivity contribution in [3.05, 3.63) is 53.2 Å². The van der Waals surface area contributed by atoms with E-state index in [1.165, 1.54) is 18.6 Å². The average Bonchev–Trinajstić information content (AvgIpc) is 3.17. The molecular weight excluding hydrogens is 454 g/mol. The standard InChI is InChI=1S/C25H26ClN5O3/c1-30-9-2-3-18(30)8-10-31-20-12-16(26)4-6-19(20)24-15(11-23(31)34)14-27-25(29-24)28-17-5-7-21(32)22(33)13-17/h4-7,12-14,18,32-33H,2-3,8-11H2,1H3,(H,27,28,29). The maximum Gasteiger partial charge on any atom is 0.231 e. The van der Waals surface area contributed by atoms with Crippen molar-refractivity contribution in [2.75, 3.05) is 30.4 Å². The molecule has 0 radical (unpaired) electrons. The van der Waals surface area contributed by atoms with E-state index >= 15 is 0 Å². The number of nitrogens with one attached hydrogen (secondary N) is 1. The molecule has 176 valence electrons. The number of anilines is 3. The molecule has 3 aromatic rings. The molecular formula is C25H26ClN5O3. The number of carbonyl (C=O) groups is 1. The third-order valence-corrected chi connectivity index (χ3v) is 6.84. The molecule has 1 fully saturated rings. The number of aromatic nitrogens is 2. The van der Waals surface area contributed by atoms with E-state index in [-0.39, 0.29) is 23.8 Å². The Morgan fingerprint density at radius 2 is 2.03 bits per heavy atom. The highest BCUT2D eigenvalue weighted by Crippen LogP contribution is 2.38. The van der Waals surface area contributed by atoms with Gasteiger partial charge >= 0.3 is 0 Å². The van der Waals surface area contributed by atoms with Gasteiger partial charge in [0.25, 0.3) is 0 Å². The largest absolute Gasteiger partial charge is 0.504 e. The summed E-state index contributed by atoms with van der Waals surface area (Å²) in [6.45, 7) is 1.71. The lowest BCUT2D eigenvalue weighted by molar-refractivity contribution is -0.118. The van der Waals surface area contributed by atoms with E-state index in [1.807, 2.05) is 17.0 Å². The highest BCUT2D eigenvalue weighted by molar-refractivity contribution is 6.31. The smallest absolute Gasteiger partial charge is 0.231 e. The van der Waals surface area contributed by atoms with Gasteiger partial charge in [-0.3, -0.25) is 4.79 Å².